The van der Waals surface area contributed by atoms with E-state index in [0.717, 1.165) is 43.0 Å². The molecule has 5 nitrogen and oxygen atoms in total. The van der Waals surface area contributed by atoms with Crippen molar-refractivity contribution in [3.63, 3.8) is 0 Å². The molecule has 0 amide bonds. The first kappa shape index (κ1) is 12.6. The van der Waals surface area contributed by atoms with Crippen LogP contribution in [-0.4, -0.2) is 53.8 Å². The predicted octanol–water partition coefficient (Wildman–Crippen LogP) is 1.74. The molecule has 1 saturated heterocycles. The lowest BCUT2D eigenvalue weighted by atomic mass is 10.0. The number of fused-ring (bicyclic) bond motifs is 1. The first-order valence-electron chi connectivity index (χ1n) is 6.53. The summed E-state index contributed by atoms with van der Waals surface area (Å²) < 4.78 is 1.88. The van der Waals surface area contributed by atoms with E-state index in [-0.39, 0.29) is 0 Å². The second-order valence-electron chi connectivity index (χ2n) is 5.18. The number of carbonyl (C=O) groups excluding carboxylic acids is 1. The van der Waals surface area contributed by atoms with Crippen LogP contribution in [0.3, 0.4) is 0 Å². The lowest BCUT2D eigenvalue weighted by Crippen LogP contribution is -2.42. The second-order valence-corrected chi connectivity index (χ2v) is 6.05. The molecule has 0 bridgehead atoms. The summed E-state index contributed by atoms with van der Waals surface area (Å²) in [5.41, 5.74) is 0.680. The number of imidazole rings is 1. The van der Waals surface area contributed by atoms with Crippen LogP contribution in [0, 0.1) is 0 Å². The number of anilines is 1. The van der Waals surface area contributed by atoms with E-state index in [2.05, 4.69) is 28.9 Å². The number of carbonyl (C=O) groups is 1. The molecule has 0 saturated carbocycles. The zero-order valence-corrected chi connectivity index (χ0v) is 12.1. The maximum absolute atomic E-state index is 11.3. The second kappa shape index (κ2) is 4.94. The highest BCUT2D eigenvalue weighted by Gasteiger charge is 2.25. The highest BCUT2D eigenvalue weighted by Crippen LogP contribution is 2.26. The first-order chi connectivity index (χ1) is 9.20. The molecule has 0 radical (unpaired) electrons. The minimum Gasteiger partial charge on any atom is -0.355 e. The number of hydrogen-bond acceptors (Lipinski definition) is 5. The standard InChI is InChI=1S/C13H18N4OS/c1-15(2)10-3-5-16(6-4-10)12-11(9-18)17-7-8-19-13(17)14-12/h7-10H,3-6H2,1-2H3. The van der Waals surface area contributed by atoms with Crippen LogP contribution in [-0.2, 0) is 0 Å². The normalized spacial score (nSPS) is 17.5. The molecule has 0 aliphatic carbocycles. The molecule has 1 aliphatic heterocycles. The molecule has 0 aromatic carbocycles. The Morgan fingerprint density at radius 2 is 2.16 bits per heavy atom. The van der Waals surface area contributed by atoms with Gasteiger partial charge in [0, 0.05) is 30.7 Å². The Hall–Kier alpha value is -1.40. The zero-order chi connectivity index (χ0) is 13.4. The van der Waals surface area contributed by atoms with Crippen LogP contribution < -0.4 is 4.90 Å². The van der Waals surface area contributed by atoms with Crippen molar-refractivity contribution >= 4 is 28.4 Å². The highest BCUT2D eigenvalue weighted by molar-refractivity contribution is 7.15. The van der Waals surface area contributed by atoms with E-state index in [1.54, 1.807) is 11.3 Å². The lowest BCUT2D eigenvalue weighted by Gasteiger charge is -2.35. The molecule has 6 heteroatoms. The van der Waals surface area contributed by atoms with Crippen LogP contribution in [0.5, 0.6) is 0 Å². The largest absolute Gasteiger partial charge is 0.355 e. The molecular weight excluding hydrogens is 260 g/mol. The van der Waals surface area contributed by atoms with Crippen molar-refractivity contribution in [1.82, 2.24) is 14.3 Å². The lowest BCUT2D eigenvalue weighted by molar-refractivity contribution is 0.111. The molecule has 0 spiro atoms. The molecule has 102 valence electrons. The van der Waals surface area contributed by atoms with Crippen LogP contribution in [0.1, 0.15) is 23.3 Å². The number of hydrogen-bond donors (Lipinski definition) is 0. The topological polar surface area (TPSA) is 40.9 Å². The molecule has 19 heavy (non-hydrogen) atoms. The minimum atomic E-state index is 0.639. The van der Waals surface area contributed by atoms with E-state index in [4.69, 9.17) is 0 Å². The molecule has 0 unspecified atom stereocenters. The SMILES string of the molecule is CN(C)C1CCN(c2nc3sccn3c2C=O)CC1. The van der Waals surface area contributed by atoms with Gasteiger partial charge in [-0.3, -0.25) is 9.20 Å². The van der Waals surface area contributed by atoms with Crippen molar-refractivity contribution in [2.24, 2.45) is 0 Å². The molecule has 0 N–H and O–H groups in total. The molecule has 3 heterocycles. The predicted molar refractivity (Wildman–Crippen MR) is 77.4 cm³/mol. The Bertz CT molecular complexity index is 580. The maximum Gasteiger partial charge on any atom is 0.196 e. The smallest absolute Gasteiger partial charge is 0.196 e. The summed E-state index contributed by atoms with van der Waals surface area (Å²) in [5.74, 6) is 0.846. The van der Waals surface area contributed by atoms with Crippen molar-refractivity contribution < 1.29 is 4.79 Å². The van der Waals surface area contributed by atoms with Gasteiger partial charge in [0.05, 0.1) is 0 Å². The third-order valence-corrected chi connectivity index (χ3v) is 4.64. The van der Waals surface area contributed by atoms with Crippen LogP contribution in [0.4, 0.5) is 5.82 Å². The molecule has 3 rings (SSSR count). The number of thiazole rings is 1. The van der Waals surface area contributed by atoms with Gasteiger partial charge in [-0.25, -0.2) is 4.98 Å². The monoisotopic (exact) mass is 278 g/mol. The van der Waals surface area contributed by atoms with Gasteiger partial charge in [0.1, 0.15) is 5.69 Å². The van der Waals surface area contributed by atoms with Crippen LogP contribution in [0.25, 0.3) is 4.96 Å². The van der Waals surface area contributed by atoms with Crippen molar-refractivity contribution in [3.05, 3.63) is 17.3 Å². The quantitative estimate of drug-likeness (QED) is 0.802. The van der Waals surface area contributed by atoms with Crippen molar-refractivity contribution in [1.29, 1.82) is 0 Å². The molecule has 2 aromatic rings. The van der Waals surface area contributed by atoms with Crippen LogP contribution >= 0.6 is 11.3 Å². The van der Waals surface area contributed by atoms with E-state index >= 15 is 0 Å². The summed E-state index contributed by atoms with van der Waals surface area (Å²) in [4.78, 5) is 21.3. The Labute approximate surface area is 116 Å². The maximum atomic E-state index is 11.3. The van der Waals surface area contributed by atoms with E-state index < -0.39 is 0 Å². The van der Waals surface area contributed by atoms with Gasteiger partial charge in [-0.2, -0.15) is 0 Å². The van der Waals surface area contributed by atoms with Gasteiger partial charge < -0.3 is 9.80 Å². The van der Waals surface area contributed by atoms with Gasteiger partial charge >= 0.3 is 0 Å². The van der Waals surface area contributed by atoms with Crippen LogP contribution in [0.2, 0.25) is 0 Å². The fraction of sp³-hybridized carbons (Fsp3) is 0.538. The molecule has 1 fully saturated rings. The van der Waals surface area contributed by atoms with Gasteiger partial charge in [0.2, 0.25) is 0 Å². The number of aromatic nitrogens is 2. The number of piperidine rings is 1. The van der Waals surface area contributed by atoms with Crippen LogP contribution in [0.15, 0.2) is 11.6 Å². The Balaban J connectivity index is 1.85. The van der Waals surface area contributed by atoms with Gasteiger partial charge in [-0.15, -0.1) is 11.3 Å². The molecular formula is C13H18N4OS. The van der Waals surface area contributed by atoms with E-state index in [9.17, 15) is 4.79 Å². The number of nitrogens with zero attached hydrogens (tertiary/aromatic N) is 4. The Morgan fingerprint density at radius 3 is 2.79 bits per heavy atom. The van der Waals surface area contributed by atoms with Gasteiger partial charge in [0.15, 0.2) is 17.1 Å². The summed E-state index contributed by atoms with van der Waals surface area (Å²) in [5, 5.41) is 1.96. The third kappa shape index (κ3) is 2.15. The van der Waals surface area contributed by atoms with E-state index in [1.165, 1.54) is 0 Å². The Morgan fingerprint density at radius 1 is 1.42 bits per heavy atom. The van der Waals surface area contributed by atoms with Crippen molar-refractivity contribution in [2.45, 2.75) is 18.9 Å². The summed E-state index contributed by atoms with van der Waals surface area (Å²) in [6.07, 6.45) is 5.07. The fourth-order valence-corrected chi connectivity index (χ4v) is 3.44. The average molecular weight is 278 g/mol. The summed E-state index contributed by atoms with van der Waals surface area (Å²) in [6.45, 7) is 1.93. The summed E-state index contributed by atoms with van der Waals surface area (Å²) >= 11 is 1.57. The fourth-order valence-electron chi connectivity index (χ4n) is 2.73. The zero-order valence-electron chi connectivity index (χ0n) is 11.2. The molecule has 0 atom stereocenters. The average Bonchev–Trinajstić information content (AvgIpc) is 2.98. The Kier molecular flexibility index (Phi) is 3.28. The van der Waals surface area contributed by atoms with E-state index in [1.807, 2.05) is 16.0 Å². The third-order valence-electron chi connectivity index (χ3n) is 3.89. The van der Waals surface area contributed by atoms with Gasteiger partial charge in [-0.1, -0.05) is 0 Å². The molecule has 2 aromatic heterocycles. The highest BCUT2D eigenvalue weighted by atomic mass is 32.1. The molecule has 1 aliphatic rings. The summed E-state index contributed by atoms with van der Waals surface area (Å²) in [6, 6.07) is 0.639. The van der Waals surface area contributed by atoms with Gasteiger partial charge in [0.25, 0.3) is 0 Å². The van der Waals surface area contributed by atoms with Crippen molar-refractivity contribution in [2.75, 3.05) is 32.1 Å². The van der Waals surface area contributed by atoms with Gasteiger partial charge in [-0.05, 0) is 26.9 Å². The summed E-state index contributed by atoms with van der Waals surface area (Å²) in [7, 11) is 4.26. The first-order valence-corrected chi connectivity index (χ1v) is 7.41. The minimum absolute atomic E-state index is 0.639. The number of aldehydes is 1. The van der Waals surface area contributed by atoms with Crippen molar-refractivity contribution in [3.8, 4) is 0 Å². The number of rotatable bonds is 3. The van der Waals surface area contributed by atoms with E-state index in [0.29, 0.717) is 11.7 Å².